The van der Waals surface area contributed by atoms with Gasteiger partial charge < -0.3 is 4.74 Å². The first-order valence-corrected chi connectivity index (χ1v) is 6.19. The second-order valence-electron chi connectivity index (χ2n) is 4.43. The van der Waals surface area contributed by atoms with E-state index in [4.69, 9.17) is 10.3 Å². The lowest BCUT2D eigenvalue weighted by Gasteiger charge is -2.26. The van der Waals surface area contributed by atoms with Crippen LogP contribution < -0.4 is 0 Å². The topological polar surface area (TPSA) is 75.1 Å². The molecule has 2 rings (SSSR count). The maximum Gasteiger partial charge on any atom is 0.303 e. The number of ether oxygens (including phenoxy) is 1. The SMILES string of the molecule is CC(=O)O[C@@H]1C=C(c2ccccc2)[C@H](N=[N+]=[N-])CC1. The molecule has 0 heterocycles. The van der Waals surface area contributed by atoms with Crippen LogP contribution in [-0.4, -0.2) is 18.1 Å². The lowest BCUT2D eigenvalue weighted by Crippen LogP contribution is -2.23. The van der Waals surface area contributed by atoms with Crippen LogP contribution in [-0.2, 0) is 9.53 Å². The smallest absolute Gasteiger partial charge is 0.303 e. The Balaban J connectivity index is 2.33. The Morgan fingerprint density at radius 1 is 1.37 bits per heavy atom. The molecule has 0 radical (unpaired) electrons. The minimum absolute atomic E-state index is 0.195. The van der Waals surface area contributed by atoms with E-state index in [1.165, 1.54) is 6.92 Å². The van der Waals surface area contributed by atoms with Gasteiger partial charge in [0.25, 0.3) is 0 Å². The minimum atomic E-state index is -0.295. The molecule has 2 atom stereocenters. The highest BCUT2D eigenvalue weighted by molar-refractivity contribution is 5.72. The second-order valence-corrected chi connectivity index (χ2v) is 4.43. The summed E-state index contributed by atoms with van der Waals surface area (Å²) in [6.45, 7) is 1.40. The first kappa shape index (κ1) is 13.2. The van der Waals surface area contributed by atoms with Gasteiger partial charge in [0.15, 0.2) is 0 Å². The number of carbonyl (C=O) groups is 1. The molecule has 0 spiro atoms. The molecule has 0 aliphatic heterocycles. The van der Waals surface area contributed by atoms with Crippen molar-refractivity contribution in [2.75, 3.05) is 0 Å². The maximum atomic E-state index is 11.0. The number of rotatable bonds is 3. The van der Waals surface area contributed by atoms with Crippen LogP contribution >= 0.6 is 0 Å². The fourth-order valence-electron chi connectivity index (χ4n) is 2.28. The number of azide groups is 1. The summed E-state index contributed by atoms with van der Waals surface area (Å²) in [5.41, 5.74) is 10.6. The molecule has 1 aliphatic rings. The molecule has 0 aromatic heterocycles. The van der Waals surface area contributed by atoms with Gasteiger partial charge in [0.05, 0.1) is 6.04 Å². The predicted octanol–water partition coefficient (Wildman–Crippen LogP) is 3.47. The summed E-state index contributed by atoms with van der Waals surface area (Å²) in [6.07, 6.45) is 3.01. The monoisotopic (exact) mass is 257 g/mol. The second kappa shape index (κ2) is 6.07. The summed E-state index contributed by atoms with van der Waals surface area (Å²) in [7, 11) is 0. The molecule has 0 bridgehead atoms. The molecule has 0 unspecified atom stereocenters. The Morgan fingerprint density at radius 2 is 2.11 bits per heavy atom. The summed E-state index contributed by atoms with van der Waals surface area (Å²) in [6, 6.07) is 9.51. The zero-order valence-corrected chi connectivity index (χ0v) is 10.7. The van der Waals surface area contributed by atoms with Crippen LogP contribution in [0.15, 0.2) is 41.5 Å². The average molecular weight is 257 g/mol. The van der Waals surface area contributed by atoms with Crippen LogP contribution in [0.5, 0.6) is 0 Å². The van der Waals surface area contributed by atoms with Crippen molar-refractivity contribution in [1.29, 1.82) is 0 Å². The van der Waals surface area contributed by atoms with Gasteiger partial charge >= 0.3 is 5.97 Å². The number of esters is 1. The van der Waals surface area contributed by atoms with E-state index in [1.807, 2.05) is 36.4 Å². The molecular weight excluding hydrogens is 242 g/mol. The molecule has 1 aliphatic carbocycles. The molecular formula is C14H15N3O2. The third kappa shape index (κ3) is 3.36. The Bertz CT molecular complexity index is 533. The van der Waals surface area contributed by atoms with E-state index in [0.717, 1.165) is 11.1 Å². The molecule has 1 aromatic rings. The van der Waals surface area contributed by atoms with Crippen LogP contribution in [0.2, 0.25) is 0 Å². The lowest BCUT2D eigenvalue weighted by atomic mass is 9.88. The fourth-order valence-corrected chi connectivity index (χ4v) is 2.28. The van der Waals surface area contributed by atoms with Gasteiger partial charge in [-0.15, -0.1) is 0 Å². The van der Waals surface area contributed by atoms with Gasteiger partial charge in [-0.05, 0) is 35.6 Å². The van der Waals surface area contributed by atoms with E-state index in [2.05, 4.69) is 10.0 Å². The van der Waals surface area contributed by atoms with Crippen LogP contribution in [0.25, 0.3) is 16.0 Å². The Morgan fingerprint density at radius 3 is 2.74 bits per heavy atom. The zero-order valence-electron chi connectivity index (χ0n) is 10.7. The molecule has 0 saturated carbocycles. The van der Waals surface area contributed by atoms with Crippen LogP contribution in [0.3, 0.4) is 0 Å². The summed E-state index contributed by atoms with van der Waals surface area (Å²) in [5.74, 6) is -0.295. The van der Waals surface area contributed by atoms with E-state index in [0.29, 0.717) is 12.8 Å². The molecule has 1 aromatic carbocycles. The molecule has 0 N–H and O–H groups in total. The average Bonchev–Trinajstić information content (AvgIpc) is 2.41. The van der Waals surface area contributed by atoms with E-state index in [1.54, 1.807) is 0 Å². The van der Waals surface area contributed by atoms with Gasteiger partial charge in [0, 0.05) is 11.8 Å². The van der Waals surface area contributed by atoms with E-state index < -0.39 is 0 Å². The van der Waals surface area contributed by atoms with Crippen molar-refractivity contribution in [3.63, 3.8) is 0 Å². The molecule has 0 fully saturated rings. The van der Waals surface area contributed by atoms with Gasteiger partial charge in [-0.3, -0.25) is 4.79 Å². The van der Waals surface area contributed by atoms with Crippen molar-refractivity contribution in [3.8, 4) is 0 Å². The summed E-state index contributed by atoms with van der Waals surface area (Å²) >= 11 is 0. The minimum Gasteiger partial charge on any atom is -0.458 e. The summed E-state index contributed by atoms with van der Waals surface area (Å²) < 4.78 is 5.22. The first-order chi connectivity index (χ1) is 9.20. The predicted molar refractivity (Wildman–Crippen MR) is 72.1 cm³/mol. The fraction of sp³-hybridized carbons (Fsp3) is 0.357. The van der Waals surface area contributed by atoms with Gasteiger partial charge in [0.2, 0.25) is 0 Å². The molecule has 0 saturated heterocycles. The van der Waals surface area contributed by atoms with Crippen LogP contribution in [0.4, 0.5) is 0 Å². The maximum absolute atomic E-state index is 11.0. The summed E-state index contributed by atoms with van der Waals surface area (Å²) in [4.78, 5) is 13.9. The molecule has 0 amide bonds. The number of benzene rings is 1. The van der Waals surface area contributed by atoms with Crippen molar-refractivity contribution in [2.45, 2.75) is 31.9 Å². The van der Waals surface area contributed by atoms with Gasteiger partial charge in [-0.2, -0.15) is 0 Å². The third-order valence-electron chi connectivity index (χ3n) is 3.06. The van der Waals surface area contributed by atoms with Crippen molar-refractivity contribution in [1.82, 2.24) is 0 Å². The first-order valence-electron chi connectivity index (χ1n) is 6.19. The number of hydrogen-bond donors (Lipinski definition) is 0. The van der Waals surface area contributed by atoms with Gasteiger partial charge in [-0.1, -0.05) is 35.4 Å². The van der Waals surface area contributed by atoms with Crippen LogP contribution in [0, 0.1) is 0 Å². The number of hydrogen-bond acceptors (Lipinski definition) is 3. The Labute approximate surface area is 111 Å². The number of nitrogens with zero attached hydrogens (tertiary/aromatic N) is 3. The summed E-state index contributed by atoms with van der Waals surface area (Å²) in [5, 5.41) is 3.83. The highest BCUT2D eigenvalue weighted by Gasteiger charge is 2.24. The largest absolute Gasteiger partial charge is 0.458 e. The normalized spacial score (nSPS) is 22.1. The Kier molecular flexibility index (Phi) is 4.21. The third-order valence-corrected chi connectivity index (χ3v) is 3.06. The van der Waals surface area contributed by atoms with Gasteiger partial charge in [-0.25, -0.2) is 0 Å². The van der Waals surface area contributed by atoms with Crippen molar-refractivity contribution in [2.24, 2.45) is 5.11 Å². The molecule has 5 nitrogen and oxygen atoms in total. The van der Waals surface area contributed by atoms with Crippen LogP contribution in [0.1, 0.15) is 25.3 Å². The highest BCUT2D eigenvalue weighted by atomic mass is 16.5. The zero-order chi connectivity index (χ0) is 13.7. The quantitative estimate of drug-likeness (QED) is 0.360. The van der Waals surface area contributed by atoms with E-state index in [9.17, 15) is 4.79 Å². The molecule has 5 heteroatoms. The van der Waals surface area contributed by atoms with Crippen molar-refractivity contribution in [3.05, 3.63) is 52.4 Å². The molecule has 19 heavy (non-hydrogen) atoms. The van der Waals surface area contributed by atoms with Crippen molar-refractivity contribution < 1.29 is 9.53 Å². The number of carbonyl (C=O) groups excluding carboxylic acids is 1. The van der Waals surface area contributed by atoms with Crippen molar-refractivity contribution >= 4 is 11.5 Å². The van der Waals surface area contributed by atoms with Gasteiger partial charge in [0.1, 0.15) is 6.10 Å². The van der Waals surface area contributed by atoms with E-state index >= 15 is 0 Å². The highest BCUT2D eigenvalue weighted by Crippen LogP contribution is 2.31. The molecule has 98 valence electrons. The lowest BCUT2D eigenvalue weighted by molar-refractivity contribution is -0.144. The Hall–Kier alpha value is -2.26. The van der Waals surface area contributed by atoms with E-state index in [-0.39, 0.29) is 18.1 Å². The standard InChI is InChI=1S/C14H15N3O2/c1-10(18)19-12-7-8-14(16-17-15)13(9-12)11-5-3-2-4-6-11/h2-6,9,12,14H,7-8H2,1H3/t12-,14+/m0/s1.